The Labute approximate surface area is 411 Å². The van der Waals surface area contributed by atoms with Crippen LogP contribution in [-0.2, 0) is 44.6 Å². The first-order valence-corrected chi connectivity index (χ1v) is 24.3. The number of benzene rings is 1. The Kier molecular flexibility index (Phi) is 17.2. The number of carbonyl (C=O) groups is 5. The number of imidazole rings is 1. The fraction of sp³-hybridized carbons (Fsp3) is 0.673. The van der Waals surface area contributed by atoms with Crippen molar-refractivity contribution >= 4 is 47.1 Å². The molecule has 4 unspecified atom stereocenters. The van der Waals surface area contributed by atoms with E-state index in [1.165, 1.54) is 21.0 Å². The Balaban J connectivity index is 1.05. The molecule has 0 spiro atoms. The van der Waals surface area contributed by atoms with Crippen LogP contribution in [0.25, 0.3) is 11.2 Å². The van der Waals surface area contributed by atoms with Gasteiger partial charge in [-0.15, -0.1) is 0 Å². The van der Waals surface area contributed by atoms with Crippen LogP contribution in [0, 0.1) is 0 Å². The van der Waals surface area contributed by atoms with E-state index in [4.69, 9.17) is 28.4 Å². The lowest BCUT2D eigenvalue weighted by Crippen LogP contribution is -2.52. The van der Waals surface area contributed by atoms with E-state index < -0.39 is 65.4 Å². The van der Waals surface area contributed by atoms with Gasteiger partial charge in [0.25, 0.3) is 5.91 Å². The van der Waals surface area contributed by atoms with Crippen molar-refractivity contribution in [1.82, 2.24) is 44.4 Å². The van der Waals surface area contributed by atoms with Crippen LogP contribution >= 0.6 is 0 Å². The van der Waals surface area contributed by atoms with Gasteiger partial charge in [-0.2, -0.15) is 0 Å². The number of nitrogens with zero attached hydrogens (tertiary/aromatic N) is 8. The summed E-state index contributed by atoms with van der Waals surface area (Å²) in [6.45, 7) is 21.4. The minimum Gasteiger partial charge on any atom is -0.444 e. The number of carbonyl (C=O) groups excluding carboxylic acids is 5. The molecule has 4 atom stereocenters. The summed E-state index contributed by atoms with van der Waals surface area (Å²) in [4.78, 5) is 87.8. The van der Waals surface area contributed by atoms with Crippen LogP contribution in [0.15, 0.2) is 43.0 Å². The van der Waals surface area contributed by atoms with Gasteiger partial charge in [0.1, 0.15) is 35.3 Å². The molecule has 3 fully saturated rings. The van der Waals surface area contributed by atoms with Crippen molar-refractivity contribution in [2.75, 3.05) is 64.2 Å². The average Bonchev–Trinajstić information content (AvgIpc) is 3.93. The van der Waals surface area contributed by atoms with Crippen LogP contribution in [0.5, 0.6) is 0 Å². The molecule has 70 heavy (non-hydrogen) atoms. The first-order chi connectivity index (χ1) is 32.9. The number of fused-ring (bicyclic) bond motifs is 2. The van der Waals surface area contributed by atoms with Crippen LogP contribution in [0.3, 0.4) is 0 Å². The molecule has 0 radical (unpaired) electrons. The Hall–Kier alpha value is -5.80. The normalized spacial score (nSPS) is 21.4. The number of nitrogens with one attached hydrogen (secondary N) is 2. The van der Waals surface area contributed by atoms with Crippen LogP contribution < -0.4 is 10.6 Å². The Morgan fingerprint density at radius 1 is 0.671 bits per heavy atom. The molecule has 3 aromatic rings. The molecular formula is C49H74N10O11. The largest absolute Gasteiger partial charge is 0.444 e. The molecule has 1 aromatic carbocycles. The second kappa shape index (κ2) is 22.5. The van der Waals surface area contributed by atoms with E-state index in [9.17, 15) is 24.0 Å². The monoisotopic (exact) mass is 979 g/mol. The number of amides is 5. The number of hydrogen-bond acceptors (Lipinski definition) is 15. The fourth-order valence-corrected chi connectivity index (χ4v) is 8.20. The second-order valence-electron chi connectivity index (χ2n) is 21.3. The van der Waals surface area contributed by atoms with Crippen LogP contribution in [0.1, 0.15) is 114 Å². The summed E-state index contributed by atoms with van der Waals surface area (Å²) in [5, 5.41) is 6.34. The fourth-order valence-electron chi connectivity index (χ4n) is 8.20. The molecule has 5 heterocycles. The number of unbranched alkanes of at least 4 members (excludes halogenated alkanes) is 2. The first-order valence-electron chi connectivity index (χ1n) is 24.3. The molecule has 0 bridgehead atoms. The van der Waals surface area contributed by atoms with Gasteiger partial charge >= 0.3 is 18.3 Å². The first kappa shape index (κ1) is 53.5. The van der Waals surface area contributed by atoms with E-state index in [0.29, 0.717) is 49.3 Å². The highest BCUT2D eigenvalue weighted by Gasteiger charge is 2.58. The van der Waals surface area contributed by atoms with E-state index in [2.05, 4.69) is 25.6 Å². The van der Waals surface area contributed by atoms with Crippen molar-refractivity contribution in [1.29, 1.82) is 0 Å². The lowest BCUT2D eigenvalue weighted by molar-refractivity contribution is -0.197. The summed E-state index contributed by atoms with van der Waals surface area (Å²) in [6, 6.07) is 9.94. The predicted octanol–water partition coefficient (Wildman–Crippen LogP) is 6.09. The van der Waals surface area contributed by atoms with E-state index in [1.54, 1.807) is 92.0 Å². The standard InChI is InChI=1S/C49H74N10O11/c1-46(2,3)68-43(62)56-24-22-55(23-25-57(44(63)69-47(4,5)6)27-29-58(28-26-56)45(64)70-48(7,8)9)34(60)20-16-13-17-21-50-41(61)37-36-38(67-49(10,11)66-36)42(65-37)59-32-54-35-39(52-31-53-40(35)59)51-30-33-18-14-12-15-19-33/h12,14-15,18-19,31-32,36-38,42H,13,16-17,20-30H2,1-11H3,(H,50,61)(H,51,52,53). The molecule has 6 rings (SSSR count). The number of rotatable bonds is 11. The van der Waals surface area contributed by atoms with Crippen LogP contribution in [0.2, 0.25) is 0 Å². The smallest absolute Gasteiger partial charge is 0.410 e. The number of anilines is 1. The van der Waals surface area contributed by atoms with Crippen molar-refractivity contribution in [2.45, 2.75) is 156 Å². The third kappa shape index (κ3) is 15.1. The minimum atomic E-state index is -0.983. The summed E-state index contributed by atoms with van der Waals surface area (Å²) < 4.78 is 37.8. The molecule has 2 aromatic heterocycles. The summed E-state index contributed by atoms with van der Waals surface area (Å²) in [5.74, 6) is -0.912. The second-order valence-corrected chi connectivity index (χ2v) is 21.3. The highest BCUT2D eigenvalue weighted by atomic mass is 16.8. The van der Waals surface area contributed by atoms with Crippen LogP contribution in [0.4, 0.5) is 20.2 Å². The molecule has 0 saturated carbocycles. The maximum Gasteiger partial charge on any atom is 0.410 e. The van der Waals surface area contributed by atoms with Gasteiger partial charge in [-0.25, -0.2) is 29.3 Å². The molecule has 2 N–H and O–H groups in total. The minimum absolute atomic E-state index is 0.0973. The van der Waals surface area contributed by atoms with Gasteiger partial charge in [0.2, 0.25) is 5.91 Å². The van der Waals surface area contributed by atoms with Gasteiger partial charge in [-0.05, 0) is 94.6 Å². The topological polar surface area (TPSA) is 221 Å². The Morgan fingerprint density at radius 2 is 1.19 bits per heavy atom. The van der Waals surface area contributed by atoms with Gasteiger partial charge in [0, 0.05) is 71.9 Å². The van der Waals surface area contributed by atoms with E-state index >= 15 is 0 Å². The summed E-state index contributed by atoms with van der Waals surface area (Å²) in [5.41, 5.74) is -0.196. The summed E-state index contributed by atoms with van der Waals surface area (Å²) in [7, 11) is 0. The number of hydrogen-bond donors (Lipinski definition) is 2. The zero-order valence-corrected chi connectivity index (χ0v) is 42.8. The zero-order chi connectivity index (χ0) is 51.0. The van der Waals surface area contributed by atoms with Gasteiger partial charge in [0.15, 0.2) is 35.1 Å². The third-order valence-electron chi connectivity index (χ3n) is 11.5. The number of ether oxygens (including phenoxy) is 6. The average molecular weight is 979 g/mol. The molecule has 386 valence electrons. The molecule has 21 nitrogen and oxygen atoms in total. The van der Waals surface area contributed by atoms with Crippen molar-refractivity contribution < 1.29 is 52.4 Å². The van der Waals surface area contributed by atoms with Crippen molar-refractivity contribution in [3.63, 3.8) is 0 Å². The van der Waals surface area contributed by atoms with Crippen molar-refractivity contribution in [2.24, 2.45) is 0 Å². The summed E-state index contributed by atoms with van der Waals surface area (Å²) >= 11 is 0. The highest BCUT2D eigenvalue weighted by molar-refractivity contribution is 5.84. The Bertz CT molecular complexity index is 2230. The molecule has 5 amide bonds. The van der Waals surface area contributed by atoms with Gasteiger partial charge in [0.05, 0.1) is 6.33 Å². The SMILES string of the molecule is CC(C)(C)OC(=O)N1CCN(C(=O)CCCCCNC(=O)C2OC(n3cnc4c(NCc5ccccc5)ncnc43)C3OC(C)(C)OC23)CCN(C(=O)OC(C)(C)C)CCN(C(=O)OC(C)(C)C)CC1. The van der Waals surface area contributed by atoms with Gasteiger partial charge in [-0.1, -0.05) is 36.8 Å². The molecule has 3 aliphatic rings. The third-order valence-corrected chi connectivity index (χ3v) is 11.5. The lowest BCUT2D eigenvalue weighted by atomic mass is 10.1. The predicted molar refractivity (Wildman–Crippen MR) is 258 cm³/mol. The molecular weight excluding hydrogens is 905 g/mol. The number of aromatic nitrogens is 4. The maximum atomic E-state index is 14.0. The van der Waals surface area contributed by atoms with E-state index in [-0.39, 0.29) is 70.6 Å². The maximum absolute atomic E-state index is 14.0. The molecule has 3 aliphatic heterocycles. The summed E-state index contributed by atoms with van der Waals surface area (Å²) in [6.07, 6.45) is 0.193. The van der Waals surface area contributed by atoms with Gasteiger partial charge < -0.3 is 58.7 Å². The van der Waals surface area contributed by atoms with Crippen LogP contribution in [-0.4, -0.2) is 169 Å². The van der Waals surface area contributed by atoms with Gasteiger partial charge in [-0.3, -0.25) is 14.2 Å². The zero-order valence-electron chi connectivity index (χ0n) is 42.8. The molecule has 0 aliphatic carbocycles. The van der Waals surface area contributed by atoms with Crippen molar-refractivity contribution in [3.05, 3.63) is 48.5 Å². The quantitative estimate of drug-likeness (QED) is 0.164. The molecule has 21 heteroatoms. The molecule has 3 saturated heterocycles. The lowest BCUT2D eigenvalue weighted by Gasteiger charge is -2.36. The van der Waals surface area contributed by atoms with E-state index in [0.717, 1.165) is 5.56 Å². The van der Waals surface area contributed by atoms with Crippen molar-refractivity contribution in [3.8, 4) is 0 Å². The Morgan fingerprint density at radius 3 is 1.71 bits per heavy atom. The van der Waals surface area contributed by atoms with E-state index in [1.807, 2.05) is 30.3 Å². The highest BCUT2D eigenvalue weighted by Crippen LogP contribution is 2.44.